The molecule has 0 spiro atoms. The molecule has 9 nitrogen and oxygen atoms in total. The summed E-state index contributed by atoms with van der Waals surface area (Å²) in [4.78, 5) is 25.9. The Morgan fingerprint density at radius 3 is 3.20 bits per heavy atom. The average Bonchev–Trinajstić information content (AvgIpc) is 3.22. The molecule has 4 rings (SSSR count). The van der Waals surface area contributed by atoms with Gasteiger partial charge in [-0.05, 0) is 19.4 Å². The highest BCUT2D eigenvalue weighted by atomic mass is 16.1. The van der Waals surface area contributed by atoms with Crippen LogP contribution >= 0.6 is 0 Å². The number of amides is 1. The van der Waals surface area contributed by atoms with Gasteiger partial charge in [-0.25, -0.2) is 9.97 Å². The summed E-state index contributed by atoms with van der Waals surface area (Å²) in [5.41, 5.74) is 1.26. The van der Waals surface area contributed by atoms with E-state index in [1.807, 2.05) is 25.3 Å². The van der Waals surface area contributed by atoms with E-state index in [9.17, 15) is 4.79 Å². The first-order chi connectivity index (χ1) is 12.2. The van der Waals surface area contributed by atoms with E-state index < -0.39 is 0 Å². The van der Waals surface area contributed by atoms with Gasteiger partial charge in [0.25, 0.3) is 0 Å². The zero-order valence-corrected chi connectivity index (χ0v) is 13.7. The second-order valence-corrected chi connectivity index (χ2v) is 6.07. The van der Waals surface area contributed by atoms with Gasteiger partial charge in [-0.1, -0.05) is 0 Å². The number of carbonyl (C=O) groups excluding carboxylic acids is 1. The molecule has 4 heterocycles. The zero-order valence-electron chi connectivity index (χ0n) is 13.7. The van der Waals surface area contributed by atoms with E-state index in [2.05, 4.69) is 35.4 Å². The molecule has 126 valence electrons. The number of aryl methyl sites for hydroxylation is 1. The summed E-state index contributed by atoms with van der Waals surface area (Å²) in [5.74, 6) is 1.19. The van der Waals surface area contributed by atoms with Crippen LogP contribution in [0.25, 0.3) is 22.1 Å². The first kappa shape index (κ1) is 15.3. The Balaban J connectivity index is 1.71. The molecule has 1 fully saturated rings. The third-order valence-corrected chi connectivity index (χ3v) is 4.31. The smallest absolute Gasteiger partial charge is 0.234 e. The molecule has 1 unspecified atom stereocenters. The Hall–Kier alpha value is -3.28. The van der Waals surface area contributed by atoms with Crippen molar-refractivity contribution in [2.45, 2.75) is 25.8 Å². The molecule has 1 aliphatic heterocycles. The first-order valence-corrected chi connectivity index (χ1v) is 8.05. The number of hydrogen-bond acceptors (Lipinski definition) is 7. The molecule has 0 aromatic carbocycles. The summed E-state index contributed by atoms with van der Waals surface area (Å²) in [6.07, 6.45) is 2.50. The summed E-state index contributed by atoms with van der Waals surface area (Å²) >= 11 is 0. The van der Waals surface area contributed by atoms with E-state index in [4.69, 9.17) is 5.26 Å². The number of aromatic amines is 1. The number of anilines is 1. The van der Waals surface area contributed by atoms with Crippen molar-refractivity contribution in [3.63, 3.8) is 0 Å². The van der Waals surface area contributed by atoms with Crippen LogP contribution in [0, 0.1) is 18.3 Å². The summed E-state index contributed by atoms with van der Waals surface area (Å²) in [7, 11) is 0. The van der Waals surface area contributed by atoms with Crippen LogP contribution in [0.5, 0.6) is 0 Å². The van der Waals surface area contributed by atoms with Crippen molar-refractivity contribution in [3.05, 3.63) is 18.1 Å². The minimum absolute atomic E-state index is 0.00248. The third kappa shape index (κ3) is 2.71. The summed E-state index contributed by atoms with van der Waals surface area (Å²) < 4.78 is 0. The molecule has 3 aromatic rings. The van der Waals surface area contributed by atoms with Crippen molar-refractivity contribution >= 4 is 33.8 Å². The Bertz CT molecular complexity index is 1000. The first-order valence-electron chi connectivity index (χ1n) is 8.05. The van der Waals surface area contributed by atoms with Gasteiger partial charge >= 0.3 is 0 Å². The quantitative estimate of drug-likeness (QED) is 0.725. The van der Waals surface area contributed by atoms with Gasteiger partial charge in [0.15, 0.2) is 11.3 Å². The van der Waals surface area contributed by atoms with Crippen LogP contribution in [0.15, 0.2) is 12.3 Å². The standard InChI is InChI=1S/C16H16N8O/c1-9-19-15-13(11-3-6-18-14(11)22-23-15)16(20-9)24-7-4-10(8-24)21-12(25)2-5-17/h3,6,10H,2,4,7-8H2,1H3,(H,18,22)(H,21,25). The van der Waals surface area contributed by atoms with Crippen LogP contribution in [0.2, 0.25) is 0 Å². The number of aromatic nitrogens is 5. The average molecular weight is 336 g/mol. The Labute approximate surface area is 143 Å². The molecule has 0 aliphatic carbocycles. The molecule has 1 atom stereocenters. The lowest BCUT2D eigenvalue weighted by atomic mass is 10.2. The van der Waals surface area contributed by atoms with Crippen LogP contribution < -0.4 is 10.2 Å². The number of nitrogens with zero attached hydrogens (tertiary/aromatic N) is 6. The fourth-order valence-corrected chi connectivity index (χ4v) is 3.25. The summed E-state index contributed by atoms with van der Waals surface area (Å²) in [5, 5.41) is 21.7. The van der Waals surface area contributed by atoms with Gasteiger partial charge in [0.1, 0.15) is 18.1 Å². The summed E-state index contributed by atoms with van der Waals surface area (Å²) in [6.45, 7) is 3.22. The molecule has 2 N–H and O–H groups in total. The molecule has 0 radical (unpaired) electrons. The number of hydrogen-bond donors (Lipinski definition) is 2. The number of fused-ring (bicyclic) bond motifs is 3. The van der Waals surface area contributed by atoms with Crippen LogP contribution in [0.3, 0.4) is 0 Å². The van der Waals surface area contributed by atoms with Crippen LogP contribution in [0.4, 0.5) is 5.82 Å². The highest BCUT2D eigenvalue weighted by Gasteiger charge is 2.27. The van der Waals surface area contributed by atoms with E-state index in [0.29, 0.717) is 23.7 Å². The lowest BCUT2D eigenvalue weighted by molar-refractivity contribution is -0.120. The second-order valence-electron chi connectivity index (χ2n) is 6.07. The van der Waals surface area contributed by atoms with Gasteiger partial charge in [0.05, 0.1) is 11.5 Å². The number of carbonyl (C=O) groups is 1. The molecule has 0 saturated carbocycles. The highest BCUT2D eigenvalue weighted by molar-refractivity contribution is 6.07. The maximum atomic E-state index is 11.6. The molecule has 25 heavy (non-hydrogen) atoms. The van der Waals surface area contributed by atoms with Crippen molar-refractivity contribution in [2.24, 2.45) is 0 Å². The maximum absolute atomic E-state index is 11.6. The van der Waals surface area contributed by atoms with Gasteiger partial charge in [-0.15, -0.1) is 10.2 Å². The SMILES string of the molecule is Cc1nc(N2CCC(NC(=O)CC#N)C2)c2c(nnc3[nH]ccc32)n1. The number of H-pyrrole nitrogens is 1. The van der Waals surface area contributed by atoms with Crippen molar-refractivity contribution in [1.82, 2.24) is 30.5 Å². The fraction of sp³-hybridized carbons (Fsp3) is 0.375. The molecule has 3 aromatic heterocycles. The molecule has 1 amide bonds. The highest BCUT2D eigenvalue weighted by Crippen LogP contribution is 2.30. The lowest BCUT2D eigenvalue weighted by Gasteiger charge is -2.20. The molecule has 9 heteroatoms. The Kier molecular flexibility index (Phi) is 3.65. The number of rotatable bonds is 3. The lowest BCUT2D eigenvalue weighted by Crippen LogP contribution is -2.37. The number of nitriles is 1. The molecule has 0 bridgehead atoms. The largest absolute Gasteiger partial charge is 0.354 e. The van der Waals surface area contributed by atoms with E-state index in [1.54, 1.807) is 0 Å². The normalized spacial score (nSPS) is 17.1. The molecular formula is C16H16N8O. The maximum Gasteiger partial charge on any atom is 0.234 e. The topological polar surface area (TPSA) is 123 Å². The predicted molar refractivity (Wildman–Crippen MR) is 90.7 cm³/mol. The van der Waals surface area contributed by atoms with Crippen molar-refractivity contribution < 1.29 is 4.79 Å². The van der Waals surface area contributed by atoms with Crippen LogP contribution in [0.1, 0.15) is 18.7 Å². The molecule has 1 aliphatic rings. The van der Waals surface area contributed by atoms with E-state index in [0.717, 1.165) is 29.6 Å². The number of nitrogens with one attached hydrogen (secondary N) is 2. The molecular weight excluding hydrogens is 320 g/mol. The van der Waals surface area contributed by atoms with Gasteiger partial charge in [-0.2, -0.15) is 5.26 Å². The Morgan fingerprint density at radius 1 is 1.48 bits per heavy atom. The zero-order chi connectivity index (χ0) is 17.4. The van der Waals surface area contributed by atoms with Crippen molar-refractivity contribution in [3.8, 4) is 6.07 Å². The third-order valence-electron chi connectivity index (χ3n) is 4.31. The van der Waals surface area contributed by atoms with E-state index in [1.165, 1.54) is 0 Å². The summed E-state index contributed by atoms with van der Waals surface area (Å²) in [6, 6.07) is 3.81. The van der Waals surface area contributed by atoms with E-state index in [-0.39, 0.29) is 18.4 Å². The monoisotopic (exact) mass is 336 g/mol. The van der Waals surface area contributed by atoms with Gasteiger partial charge in [0.2, 0.25) is 5.91 Å². The van der Waals surface area contributed by atoms with Crippen molar-refractivity contribution in [1.29, 1.82) is 5.26 Å². The van der Waals surface area contributed by atoms with Gasteiger partial charge in [-0.3, -0.25) is 4.79 Å². The fourth-order valence-electron chi connectivity index (χ4n) is 3.25. The van der Waals surface area contributed by atoms with Gasteiger partial charge in [0, 0.05) is 30.7 Å². The molecule has 1 saturated heterocycles. The van der Waals surface area contributed by atoms with Gasteiger partial charge < -0.3 is 15.2 Å². The predicted octanol–water partition coefficient (Wildman–Crippen LogP) is 0.818. The minimum atomic E-state index is -0.239. The van der Waals surface area contributed by atoms with E-state index >= 15 is 0 Å². The van der Waals surface area contributed by atoms with Crippen LogP contribution in [-0.4, -0.2) is 50.2 Å². The van der Waals surface area contributed by atoms with Crippen molar-refractivity contribution in [2.75, 3.05) is 18.0 Å². The van der Waals surface area contributed by atoms with Crippen LogP contribution in [-0.2, 0) is 4.79 Å². The minimum Gasteiger partial charge on any atom is -0.354 e. The Morgan fingerprint density at radius 2 is 2.36 bits per heavy atom. The second kappa shape index (κ2) is 5.98.